The van der Waals surface area contributed by atoms with Gasteiger partial charge in [-0.05, 0) is 25.2 Å². The lowest BCUT2D eigenvalue weighted by atomic mass is 9.92. The molecule has 0 bridgehead atoms. The molecule has 0 atom stereocenters. The molecule has 0 amide bonds. The van der Waals surface area contributed by atoms with E-state index in [-0.39, 0.29) is 0 Å². The van der Waals surface area contributed by atoms with Crippen molar-refractivity contribution in [1.29, 1.82) is 0 Å². The van der Waals surface area contributed by atoms with E-state index in [0.717, 1.165) is 11.6 Å². The summed E-state index contributed by atoms with van der Waals surface area (Å²) in [5.74, 6) is 2.36. The van der Waals surface area contributed by atoms with Crippen LogP contribution in [0, 0.1) is 0 Å². The highest BCUT2D eigenvalue weighted by molar-refractivity contribution is 5.59. The number of hydrogen-bond donors (Lipinski definition) is 2. The molecule has 1 saturated carbocycles. The average Bonchev–Trinajstić information content (AvgIpc) is 2.22. The summed E-state index contributed by atoms with van der Waals surface area (Å²) < 4.78 is 0. The van der Waals surface area contributed by atoms with Gasteiger partial charge < -0.3 is 10.6 Å². The van der Waals surface area contributed by atoms with Gasteiger partial charge in [0, 0.05) is 18.7 Å². The Morgan fingerprint density at radius 2 is 1.94 bits per heavy atom. The molecule has 1 aromatic heterocycles. The summed E-state index contributed by atoms with van der Waals surface area (Å²) in [5.41, 5.74) is 1.19. The lowest BCUT2D eigenvalue weighted by Crippen LogP contribution is -2.28. The van der Waals surface area contributed by atoms with E-state index in [2.05, 4.69) is 34.4 Å². The second-order valence-electron chi connectivity index (χ2n) is 4.66. The van der Waals surface area contributed by atoms with Crippen molar-refractivity contribution in [2.45, 2.75) is 45.1 Å². The molecule has 1 heterocycles. The first kappa shape index (κ1) is 11.2. The van der Waals surface area contributed by atoms with Crippen molar-refractivity contribution < 1.29 is 0 Å². The monoisotopic (exact) mass is 220 g/mol. The summed E-state index contributed by atoms with van der Waals surface area (Å²) in [6, 6.07) is 0.608. The van der Waals surface area contributed by atoms with Crippen LogP contribution in [0.2, 0.25) is 0 Å². The van der Waals surface area contributed by atoms with Crippen LogP contribution in [0.4, 0.5) is 11.6 Å². The van der Waals surface area contributed by atoms with E-state index in [9.17, 15) is 0 Å². The lowest BCUT2D eigenvalue weighted by molar-refractivity contribution is 0.444. The average molecular weight is 220 g/mol. The zero-order valence-corrected chi connectivity index (χ0v) is 10.2. The van der Waals surface area contributed by atoms with E-state index in [1.54, 1.807) is 6.33 Å². The van der Waals surface area contributed by atoms with Crippen LogP contribution in [0.25, 0.3) is 0 Å². The topological polar surface area (TPSA) is 49.8 Å². The van der Waals surface area contributed by atoms with Crippen LogP contribution in [-0.2, 0) is 0 Å². The Kier molecular flexibility index (Phi) is 3.27. The molecule has 16 heavy (non-hydrogen) atoms. The van der Waals surface area contributed by atoms with E-state index in [1.807, 2.05) is 7.05 Å². The second kappa shape index (κ2) is 4.68. The standard InChI is InChI=1S/C12H20N4/c1-8(2)10-11(13-3)14-7-15-12(10)16-9-5-4-6-9/h7-9H,4-6H2,1-3H3,(H2,13,14,15,16). The quantitative estimate of drug-likeness (QED) is 0.819. The van der Waals surface area contributed by atoms with Gasteiger partial charge in [-0.25, -0.2) is 9.97 Å². The van der Waals surface area contributed by atoms with Gasteiger partial charge >= 0.3 is 0 Å². The summed E-state index contributed by atoms with van der Waals surface area (Å²) in [7, 11) is 1.90. The zero-order chi connectivity index (χ0) is 11.5. The van der Waals surface area contributed by atoms with Gasteiger partial charge in [0.25, 0.3) is 0 Å². The van der Waals surface area contributed by atoms with Gasteiger partial charge in [0.15, 0.2) is 0 Å². The minimum Gasteiger partial charge on any atom is -0.373 e. The van der Waals surface area contributed by atoms with Crippen molar-refractivity contribution in [2.75, 3.05) is 17.7 Å². The third kappa shape index (κ3) is 2.10. The van der Waals surface area contributed by atoms with Crippen molar-refractivity contribution in [3.63, 3.8) is 0 Å². The molecule has 0 aliphatic heterocycles. The fourth-order valence-electron chi connectivity index (χ4n) is 2.00. The first-order chi connectivity index (χ1) is 7.72. The smallest absolute Gasteiger partial charge is 0.135 e. The molecule has 88 valence electrons. The Morgan fingerprint density at radius 3 is 2.44 bits per heavy atom. The summed E-state index contributed by atoms with van der Waals surface area (Å²) in [6.07, 6.45) is 5.48. The fraction of sp³-hybridized carbons (Fsp3) is 0.667. The SMILES string of the molecule is CNc1ncnc(NC2CCC2)c1C(C)C. The Labute approximate surface area is 96.9 Å². The molecule has 2 rings (SSSR count). The maximum absolute atomic E-state index is 4.37. The number of aromatic nitrogens is 2. The van der Waals surface area contributed by atoms with E-state index in [0.29, 0.717) is 12.0 Å². The Hall–Kier alpha value is -1.32. The molecule has 2 N–H and O–H groups in total. The molecule has 0 saturated heterocycles. The zero-order valence-electron chi connectivity index (χ0n) is 10.2. The molecule has 1 aromatic rings. The number of nitrogens with one attached hydrogen (secondary N) is 2. The number of hydrogen-bond acceptors (Lipinski definition) is 4. The van der Waals surface area contributed by atoms with E-state index in [4.69, 9.17) is 0 Å². The molecule has 0 unspecified atom stereocenters. The first-order valence-electron chi connectivity index (χ1n) is 6.01. The summed E-state index contributed by atoms with van der Waals surface area (Å²) in [5, 5.41) is 6.65. The van der Waals surface area contributed by atoms with E-state index in [1.165, 1.54) is 24.8 Å². The van der Waals surface area contributed by atoms with Crippen LogP contribution < -0.4 is 10.6 Å². The molecular formula is C12H20N4. The summed E-state index contributed by atoms with van der Waals surface area (Å²) >= 11 is 0. The van der Waals surface area contributed by atoms with Gasteiger partial charge in [0.05, 0.1) is 0 Å². The number of rotatable bonds is 4. The second-order valence-corrected chi connectivity index (χ2v) is 4.66. The number of anilines is 2. The van der Waals surface area contributed by atoms with Gasteiger partial charge in [-0.1, -0.05) is 13.8 Å². The molecule has 0 spiro atoms. The number of nitrogens with zero attached hydrogens (tertiary/aromatic N) is 2. The van der Waals surface area contributed by atoms with Gasteiger partial charge in [0.2, 0.25) is 0 Å². The molecule has 0 radical (unpaired) electrons. The van der Waals surface area contributed by atoms with Gasteiger partial charge in [-0.2, -0.15) is 0 Å². The van der Waals surface area contributed by atoms with Crippen molar-refractivity contribution in [2.24, 2.45) is 0 Å². The van der Waals surface area contributed by atoms with E-state index >= 15 is 0 Å². The minimum absolute atomic E-state index is 0.422. The summed E-state index contributed by atoms with van der Waals surface area (Å²) in [4.78, 5) is 8.64. The van der Waals surface area contributed by atoms with Gasteiger partial charge in [0.1, 0.15) is 18.0 Å². The summed E-state index contributed by atoms with van der Waals surface area (Å²) in [6.45, 7) is 4.34. The normalized spacial score (nSPS) is 16.0. The highest BCUT2D eigenvalue weighted by atomic mass is 15.1. The predicted octanol–water partition coefficient (Wildman–Crippen LogP) is 2.61. The maximum Gasteiger partial charge on any atom is 0.135 e. The molecule has 1 aliphatic rings. The van der Waals surface area contributed by atoms with Crippen LogP contribution in [0.15, 0.2) is 6.33 Å². The Morgan fingerprint density at radius 1 is 1.25 bits per heavy atom. The third-order valence-electron chi connectivity index (χ3n) is 3.14. The molecule has 0 aromatic carbocycles. The Balaban J connectivity index is 2.26. The van der Waals surface area contributed by atoms with Crippen LogP contribution in [0.5, 0.6) is 0 Å². The molecule has 4 nitrogen and oxygen atoms in total. The lowest BCUT2D eigenvalue weighted by Gasteiger charge is -2.28. The van der Waals surface area contributed by atoms with Crippen LogP contribution >= 0.6 is 0 Å². The van der Waals surface area contributed by atoms with Crippen molar-refractivity contribution in [3.8, 4) is 0 Å². The third-order valence-corrected chi connectivity index (χ3v) is 3.14. The van der Waals surface area contributed by atoms with Crippen molar-refractivity contribution in [1.82, 2.24) is 9.97 Å². The highest BCUT2D eigenvalue weighted by Gasteiger charge is 2.21. The van der Waals surface area contributed by atoms with E-state index < -0.39 is 0 Å². The van der Waals surface area contributed by atoms with Crippen LogP contribution in [-0.4, -0.2) is 23.1 Å². The molecule has 4 heteroatoms. The van der Waals surface area contributed by atoms with Crippen molar-refractivity contribution in [3.05, 3.63) is 11.9 Å². The molecule has 1 aliphatic carbocycles. The minimum atomic E-state index is 0.422. The maximum atomic E-state index is 4.37. The molecule has 1 fully saturated rings. The predicted molar refractivity (Wildman–Crippen MR) is 66.9 cm³/mol. The van der Waals surface area contributed by atoms with Gasteiger partial charge in [-0.3, -0.25) is 0 Å². The fourth-order valence-corrected chi connectivity index (χ4v) is 2.00. The van der Waals surface area contributed by atoms with Crippen molar-refractivity contribution >= 4 is 11.6 Å². The highest BCUT2D eigenvalue weighted by Crippen LogP contribution is 2.31. The first-order valence-corrected chi connectivity index (χ1v) is 6.01. The van der Waals surface area contributed by atoms with Crippen LogP contribution in [0.3, 0.4) is 0 Å². The molecular weight excluding hydrogens is 200 g/mol. The largest absolute Gasteiger partial charge is 0.373 e. The van der Waals surface area contributed by atoms with Gasteiger partial charge in [-0.15, -0.1) is 0 Å². The Bertz CT molecular complexity index is 358. The van der Waals surface area contributed by atoms with Crippen LogP contribution in [0.1, 0.15) is 44.6 Å².